The highest BCUT2D eigenvalue weighted by atomic mass is 79.9. The first-order valence-corrected chi connectivity index (χ1v) is 8.75. The van der Waals surface area contributed by atoms with Crippen LogP contribution in [0.15, 0.2) is 47.1 Å². The van der Waals surface area contributed by atoms with Crippen LogP contribution in [0.5, 0.6) is 0 Å². The minimum Gasteiger partial charge on any atom is -0.465 e. The van der Waals surface area contributed by atoms with E-state index in [1.54, 1.807) is 0 Å². The number of hydrogen-bond donors (Lipinski definition) is 1. The van der Waals surface area contributed by atoms with Gasteiger partial charge in [0.15, 0.2) is 0 Å². The van der Waals surface area contributed by atoms with Crippen LogP contribution in [0.1, 0.15) is 23.4 Å². The lowest BCUT2D eigenvalue weighted by Gasteiger charge is -2.05. The van der Waals surface area contributed by atoms with Gasteiger partial charge >= 0.3 is 5.97 Å². The zero-order valence-corrected chi connectivity index (χ0v) is 15.1. The molecule has 0 bridgehead atoms. The predicted octanol–water partition coefficient (Wildman–Crippen LogP) is 4.35. The third-order valence-electron chi connectivity index (χ3n) is 3.86. The summed E-state index contributed by atoms with van der Waals surface area (Å²) in [5, 5.41) is 1.04. The Labute approximate surface area is 149 Å². The average Bonchev–Trinajstić information content (AvgIpc) is 2.96. The van der Waals surface area contributed by atoms with Crippen molar-refractivity contribution in [3.8, 4) is 0 Å². The molecule has 0 fully saturated rings. The van der Waals surface area contributed by atoms with Gasteiger partial charge in [-0.3, -0.25) is 9.78 Å². The number of ether oxygens (including phenoxy) is 1. The molecule has 0 aliphatic rings. The number of aromatic amines is 1. The number of nitrogens with one attached hydrogen (secondary N) is 1. The molecule has 2 aromatic heterocycles. The number of benzene rings is 1. The largest absolute Gasteiger partial charge is 0.465 e. The maximum Gasteiger partial charge on any atom is 0.310 e. The van der Waals surface area contributed by atoms with Crippen molar-refractivity contribution in [3.63, 3.8) is 0 Å². The van der Waals surface area contributed by atoms with Crippen molar-refractivity contribution in [1.82, 2.24) is 9.97 Å². The van der Waals surface area contributed by atoms with Gasteiger partial charge in [-0.05, 0) is 49.6 Å². The fourth-order valence-electron chi connectivity index (χ4n) is 2.73. The number of hydrogen-bond acceptors (Lipinski definition) is 3. The number of fused-ring (bicyclic) bond motifs is 1. The van der Waals surface area contributed by atoms with Crippen LogP contribution in [0, 0.1) is 6.92 Å². The monoisotopic (exact) mass is 386 g/mol. The topological polar surface area (TPSA) is 55.0 Å². The molecule has 5 heteroatoms. The molecule has 0 aliphatic heterocycles. The molecule has 0 amide bonds. The summed E-state index contributed by atoms with van der Waals surface area (Å²) >= 11 is 3.53. The number of carbonyl (C=O) groups is 1. The van der Waals surface area contributed by atoms with Gasteiger partial charge in [-0.1, -0.05) is 28.1 Å². The van der Waals surface area contributed by atoms with Gasteiger partial charge in [-0.2, -0.15) is 0 Å². The molecule has 0 saturated heterocycles. The van der Waals surface area contributed by atoms with E-state index in [0.717, 1.165) is 45.2 Å². The van der Waals surface area contributed by atoms with E-state index in [4.69, 9.17) is 4.74 Å². The van der Waals surface area contributed by atoms with E-state index < -0.39 is 0 Å². The molecule has 0 spiro atoms. The van der Waals surface area contributed by atoms with Crippen LogP contribution in [-0.4, -0.2) is 22.5 Å². The molecule has 1 aromatic carbocycles. The minimum atomic E-state index is -0.205. The van der Waals surface area contributed by atoms with Gasteiger partial charge in [-0.15, -0.1) is 0 Å². The predicted molar refractivity (Wildman–Crippen MR) is 98.0 cm³/mol. The Morgan fingerprint density at radius 1 is 1.25 bits per heavy atom. The van der Waals surface area contributed by atoms with Gasteiger partial charge in [0, 0.05) is 33.0 Å². The van der Waals surface area contributed by atoms with Crippen LogP contribution in [0.4, 0.5) is 0 Å². The van der Waals surface area contributed by atoms with Gasteiger partial charge in [0.25, 0.3) is 0 Å². The van der Waals surface area contributed by atoms with Gasteiger partial charge in [0.1, 0.15) is 0 Å². The molecule has 0 saturated carbocycles. The molecular weight excluding hydrogens is 368 g/mol. The number of carbonyl (C=O) groups excluding carboxylic acids is 1. The summed E-state index contributed by atoms with van der Waals surface area (Å²) in [6, 6.07) is 11.9. The SMILES string of the molecule is Cc1cccc(CCCOC(=O)Cc2c[nH]c3cccc(Br)c23)n1. The van der Waals surface area contributed by atoms with Crippen molar-refractivity contribution in [2.75, 3.05) is 6.61 Å². The molecule has 3 rings (SSSR count). The second-order valence-electron chi connectivity index (χ2n) is 5.75. The van der Waals surface area contributed by atoms with E-state index >= 15 is 0 Å². The maximum atomic E-state index is 12.1. The van der Waals surface area contributed by atoms with Crippen molar-refractivity contribution in [3.05, 3.63) is 64.0 Å². The molecule has 0 unspecified atom stereocenters. The van der Waals surface area contributed by atoms with Crippen molar-refractivity contribution in [2.45, 2.75) is 26.2 Å². The lowest BCUT2D eigenvalue weighted by atomic mass is 10.1. The van der Waals surface area contributed by atoms with Crippen LogP contribution < -0.4 is 0 Å². The summed E-state index contributed by atoms with van der Waals surface area (Å²) in [6.07, 6.45) is 3.73. The maximum absolute atomic E-state index is 12.1. The van der Waals surface area contributed by atoms with E-state index in [1.165, 1.54) is 0 Å². The Bertz CT molecular complexity index is 857. The van der Waals surface area contributed by atoms with E-state index in [1.807, 2.05) is 49.5 Å². The van der Waals surface area contributed by atoms with E-state index in [9.17, 15) is 4.79 Å². The Balaban J connectivity index is 1.50. The Morgan fingerprint density at radius 2 is 2.08 bits per heavy atom. The number of esters is 1. The highest BCUT2D eigenvalue weighted by molar-refractivity contribution is 9.10. The van der Waals surface area contributed by atoms with Crippen LogP contribution in [0.2, 0.25) is 0 Å². The fourth-order valence-corrected chi connectivity index (χ4v) is 3.35. The van der Waals surface area contributed by atoms with Crippen molar-refractivity contribution in [1.29, 1.82) is 0 Å². The number of rotatable bonds is 6. The quantitative estimate of drug-likeness (QED) is 0.505. The van der Waals surface area contributed by atoms with E-state index in [2.05, 4.69) is 25.9 Å². The number of nitrogens with zero attached hydrogens (tertiary/aromatic N) is 1. The molecule has 3 aromatic rings. The normalized spacial score (nSPS) is 10.9. The second kappa shape index (κ2) is 7.62. The highest BCUT2D eigenvalue weighted by Crippen LogP contribution is 2.27. The second-order valence-corrected chi connectivity index (χ2v) is 6.60. The van der Waals surface area contributed by atoms with Gasteiger partial charge in [-0.25, -0.2) is 0 Å². The van der Waals surface area contributed by atoms with Crippen molar-refractivity contribution >= 4 is 32.8 Å². The first-order chi connectivity index (χ1) is 11.6. The Hall–Kier alpha value is -2.14. The van der Waals surface area contributed by atoms with E-state index in [0.29, 0.717) is 6.61 Å². The fraction of sp³-hybridized carbons (Fsp3) is 0.263. The molecule has 2 heterocycles. The summed E-state index contributed by atoms with van der Waals surface area (Å²) in [6.45, 7) is 2.39. The summed E-state index contributed by atoms with van der Waals surface area (Å²) in [5.41, 5.74) is 4.00. The number of aryl methyl sites for hydroxylation is 2. The first-order valence-electron chi connectivity index (χ1n) is 7.96. The minimum absolute atomic E-state index is 0.205. The van der Waals surface area contributed by atoms with Gasteiger partial charge < -0.3 is 9.72 Å². The first kappa shape index (κ1) is 16.7. The molecule has 0 radical (unpaired) electrons. The standard InChI is InChI=1S/C19H19BrN2O2/c1-13-5-2-6-15(22-13)7-4-10-24-18(23)11-14-12-21-17-9-3-8-16(20)19(14)17/h2-3,5-6,8-9,12,21H,4,7,10-11H2,1H3. The van der Waals surface area contributed by atoms with Crippen molar-refractivity contribution < 1.29 is 9.53 Å². The third-order valence-corrected chi connectivity index (χ3v) is 4.52. The summed E-state index contributed by atoms with van der Waals surface area (Å²) in [7, 11) is 0. The van der Waals surface area contributed by atoms with Crippen molar-refractivity contribution in [2.24, 2.45) is 0 Å². The Morgan fingerprint density at radius 3 is 2.92 bits per heavy atom. The molecule has 1 N–H and O–H groups in total. The van der Waals surface area contributed by atoms with Crippen LogP contribution in [0.25, 0.3) is 10.9 Å². The zero-order valence-electron chi connectivity index (χ0n) is 13.5. The molecule has 0 atom stereocenters. The molecule has 0 aliphatic carbocycles. The number of halogens is 1. The zero-order chi connectivity index (χ0) is 16.9. The molecular formula is C19H19BrN2O2. The summed E-state index contributed by atoms with van der Waals surface area (Å²) < 4.78 is 6.34. The lowest BCUT2D eigenvalue weighted by Crippen LogP contribution is -2.09. The van der Waals surface area contributed by atoms with Gasteiger partial charge in [0.05, 0.1) is 13.0 Å². The summed E-state index contributed by atoms with van der Waals surface area (Å²) in [4.78, 5) is 19.7. The summed E-state index contributed by atoms with van der Waals surface area (Å²) in [5.74, 6) is -0.205. The lowest BCUT2D eigenvalue weighted by molar-refractivity contribution is -0.142. The molecule has 4 nitrogen and oxygen atoms in total. The highest BCUT2D eigenvalue weighted by Gasteiger charge is 2.12. The van der Waals surface area contributed by atoms with Gasteiger partial charge in [0.2, 0.25) is 0 Å². The number of pyridine rings is 1. The smallest absolute Gasteiger partial charge is 0.310 e. The third kappa shape index (κ3) is 4.03. The average molecular weight is 387 g/mol. The molecule has 124 valence electrons. The Kier molecular flexibility index (Phi) is 5.30. The van der Waals surface area contributed by atoms with E-state index in [-0.39, 0.29) is 12.4 Å². The molecule has 24 heavy (non-hydrogen) atoms. The van der Waals surface area contributed by atoms with Crippen LogP contribution >= 0.6 is 15.9 Å². The van der Waals surface area contributed by atoms with Crippen LogP contribution in [0.3, 0.4) is 0 Å². The number of H-pyrrole nitrogens is 1. The van der Waals surface area contributed by atoms with Crippen LogP contribution in [-0.2, 0) is 22.4 Å². The number of aromatic nitrogens is 2.